The molecule has 0 bridgehead atoms. The van der Waals surface area contributed by atoms with Gasteiger partial charge in [0.1, 0.15) is 10.5 Å². The van der Waals surface area contributed by atoms with Gasteiger partial charge >= 0.3 is 0 Å². The molecule has 0 saturated heterocycles. The van der Waals surface area contributed by atoms with Crippen molar-refractivity contribution in [3.8, 4) is 0 Å². The Morgan fingerprint density at radius 1 is 0.750 bits per heavy atom. The molecule has 2 fully saturated rings. The van der Waals surface area contributed by atoms with Crippen LogP contribution in [0.1, 0.15) is 65.2 Å². The van der Waals surface area contributed by atoms with Gasteiger partial charge < -0.3 is 4.55 Å². The van der Waals surface area contributed by atoms with Gasteiger partial charge in [-0.2, -0.15) is 0 Å². The molecule has 16 heavy (non-hydrogen) atoms. The Hall–Kier alpha value is 0.310. The van der Waals surface area contributed by atoms with Crippen LogP contribution in [0.5, 0.6) is 0 Å². The first-order chi connectivity index (χ1) is 7.70. The molecule has 0 aromatic rings. The molecule has 0 amide bonds. The summed E-state index contributed by atoms with van der Waals surface area (Å²) in [5, 5.41) is 1.03. The lowest BCUT2D eigenvalue weighted by molar-refractivity contribution is 0.349. The highest BCUT2D eigenvalue weighted by molar-refractivity contribution is 7.92. The molecule has 94 valence electrons. The highest BCUT2D eigenvalue weighted by Crippen LogP contribution is 2.37. The maximum Gasteiger partial charge on any atom is 0.118 e. The van der Waals surface area contributed by atoms with Gasteiger partial charge in [0.15, 0.2) is 0 Å². The summed E-state index contributed by atoms with van der Waals surface area (Å²) in [6.07, 6.45) is 10.4. The van der Waals surface area contributed by atoms with Crippen LogP contribution in [0.15, 0.2) is 0 Å². The molecule has 2 rings (SSSR count). The molecule has 2 saturated carbocycles. The first-order valence-electron chi connectivity index (χ1n) is 7.09. The normalized spacial score (nSPS) is 42.9. The second-order valence-electron chi connectivity index (χ2n) is 5.93. The molecule has 1 nitrogen and oxygen atoms in total. The van der Waals surface area contributed by atoms with Gasteiger partial charge in [-0.15, -0.1) is 0 Å². The van der Waals surface area contributed by atoms with E-state index in [0.29, 0.717) is 22.3 Å². The molecule has 0 heterocycles. The smallest absolute Gasteiger partial charge is 0.118 e. The fourth-order valence-electron chi connectivity index (χ4n) is 3.48. The Balaban J connectivity index is 1.96. The van der Waals surface area contributed by atoms with Crippen molar-refractivity contribution < 1.29 is 4.55 Å². The van der Waals surface area contributed by atoms with Crippen molar-refractivity contribution >= 4 is 11.2 Å². The zero-order valence-electron chi connectivity index (χ0n) is 10.8. The Morgan fingerprint density at radius 2 is 1.12 bits per heavy atom. The van der Waals surface area contributed by atoms with E-state index in [1.807, 2.05) is 0 Å². The van der Waals surface area contributed by atoms with Gasteiger partial charge in [0.25, 0.3) is 0 Å². The summed E-state index contributed by atoms with van der Waals surface area (Å²) in [7, 11) is 0. The fraction of sp³-hybridized carbons (Fsp3) is 1.00. The predicted octanol–water partition coefficient (Wildman–Crippen LogP) is 3.89. The third-order valence-electron chi connectivity index (χ3n) is 4.66. The van der Waals surface area contributed by atoms with Crippen LogP contribution in [0.2, 0.25) is 0 Å². The van der Waals surface area contributed by atoms with E-state index in [4.69, 9.17) is 0 Å². The molecule has 2 aliphatic carbocycles. The van der Waals surface area contributed by atoms with Crippen molar-refractivity contribution in [2.75, 3.05) is 0 Å². The van der Waals surface area contributed by atoms with Gasteiger partial charge in [0.05, 0.1) is 0 Å². The minimum atomic E-state index is -0.553. The van der Waals surface area contributed by atoms with Crippen molar-refractivity contribution in [1.82, 2.24) is 0 Å². The molecule has 0 aliphatic heterocycles. The average Bonchev–Trinajstić information content (AvgIpc) is 2.29. The van der Waals surface area contributed by atoms with Crippen molar-refractivity contribution in [3.63, 3.8) is 0 Å². The number of rotatable bonds is 2. The fourth-order valence-corrected chi connectivity index (χ4v) is 5.91. The standard InChI is InChI=1S/C14H26OS/c1-11-7-3-5-9-13(11)16(15)14-10-6-4-8-12(14)2/h11-14H,3-10H2,1-2H3. The Labute approximate surface area is 104 Å². The van der Waals surface area contributed by atoms with Gasteiger partial charge in [-0.1, -0.05) is 26.7 Å². The minimum Gasteiger partial charge on any atom is -0.616 e. The molecule has 0 aromatic carbocycles. The zero-order chi connectivity index (χ0) is 11.5. The summed E-state index contributed by atoms with van der Waals surface area (Å²) in [5.74, 6) is 1.40. The molecule has 4 atom stereocenters. The maximum atomic E-state index is 12.7. The molecule has 0 N–H and O–H groups in total. The van der Waals surface area contributed by atoms with Crippen LogP contribution < -0.4 is 0 Å². The third kappa shape index (κ3) is 2.76. The van der Waals surface area contributed by atoms with Gasteiger partial charge in [-0.25, -0.2) is 0 Å². The largest absolute Gasteiger partial charge is 0.616 e. The molecule has 0 aromatic heterocycles. The van der Waals surface area contributed by atoms with Crippen LogP contribution in [0.4, 0.5) is 0 Å². The third-order valence-corrected chi connectivity index (χ3v) is 7.26. The van der Waals surface area contributed by atoms with Gasteiger partial charge in [-0.3, -0.25) is 0 Å². The summed E-state index contributed by atoms with van der Waals surface area (Å²) in [6, 6.07) is 0. The SMILES string of the molecule is CC1CCCCC1[S+]([O-])C1CCCCC1C. The molecule has 0 radical (unpaired) electrons. The van der Waals surface area contributed by atoms with Crippen LogP contribution in [0.3, 0.4) is 0 Å². The van der Waals surface area contributed by atoms with E-state index in [1.165, 1.54) is 51.4 Å². The zero-order valence-corrected chi connectivity index (χ0v) is 11.6. The second kappa shape index (κ2) is 5.77. The molecule has 2 heteroatoms. The van der Waals surface area contributed by atoms with E-state index in [-0.39, 0.29) is 0 Å². The van der Waals surface area contributed by atoms with Crippen LogP contribution >= 0.6 is 0 Å². The first kappa shape index (κ1) is 12.8. The topological polar surface area (TPSA) is 23.1 Å². The summed E-state index contributed by atoms with van der Waals surface area (Å²) < 4.78 is 12.7. The quantitative estimate of drug-likeness (QED) is 0.674. The summed E-state index contributed by atoms with van der Waals surface area (Å²) in [6.45, 7) is 4.63. The van der Waals surface area contributed by atoms with Gasteiger partial charge in [0.2, 0.25) is 0 Å². The highest BCUT2D eigenvalue weighted by atomic mass is 32.2. The molecule has 4 unspecified atom stereocenters. The lowest BCUT2D eigenvalue weighted by Crippen LogP contribution is -2.42. The lowest BCUT2D eigenvalue weighted by Gasteiger charge is -2.38. The monoisotopic (exact) mass is 242 g/mol. The van der Waals surface area contributed by atoms with E-state index < -0.39 is 11.2 Å². The summed E-state index contributed by atoms with van der Waals surface area (Å²) in [4.78, 5) is 0. The lowest BCUT2D eigenvalue weighted by atomic mass is 9.90. The van der Waals surface area contributed by atoms with E-state index in [2.05, 4.69) is 13.8 Å². The van der Waals surface area contributed by atoms with E-state index in [9.17, 15) is 4.55 Å². The predicted molar refractivity (Wildman–Crippen MR) is 71.0 cm³/mol. The average molecular weight is 242 g/mol. The van der Waals surface area contributed by atoms with Crippen molar-refractivity contribution in [1.29, 1.82) is 0 Å². The van der Waals surface area contributed by atoms with Crippen LogP contribution in [-0.2, 0) is 11.2 Å². The van der Waals surface area contributed by atoms with Crippen molar-refractivity contribution in [2.24, 2.45) is 11.8 Å². The molecular formula is C14H26OS. The van der Waals surface area contributed by atoms with Crippen LogP contribution in [0.25, 0.3) is 0 Å². The van der Waals surface area contributed by atoms with Gasteiger partial charge in [-0.05, 0) is 49.7 Å². The Morgan fingerprint density at radius 3 is 1.50 bits per heavy atom. The van der Waals surface area contributed by atoms with Crippen LogP contribution in [0, 0.1) is 11.8 Å². The first-order valence-corrected chi connectivity index (χ1v) is 8.37. The number of hydrogen-bond acceptors (Lipinski definition) is 1. The van der Waals surface area contributed by atoms with Crippen LogP contribution in [-0.4, -0.2) is 15.1 Å². The second-order valence-corrected chi connectivity index (χ2v) is 7.80. The molecular weight excluding hydrogens is 216 g/mol. The minimum absolute atomic E-state index is 0.513. The van der Waals surface area contributed by atoms with Gasteiger partial charge in [0, 0.05) is 11.8 Å². The summed E-state index contributed by atoms with van der Waals surface area (Å²) in [5.41, 5.74) is 0. The molecule has 0 spiro atoms. The Kier molecular flexibility index (Phi) is 4.60. The maximum absolute atomic E-state index is 12.7. The Bertz CT molecular complexity index is 197. The van der Waals surface area contributed by atoms with E-state index in [1.54, 1.807) is 0 Å². The van der Waals surface area contributed by atoms with Crippen molar-refractivity contribution in [2.45, 2.75) is 75.7 Å². The highest BCUT2D eigenvalue weighted by Gasteiger charge is 2.39. The number of hydrogen-bond donors (Lipinski definition) is 0. The van der Waals surface area contributed by atoms with E-state index >= 15 is 0 Å². The van der Waals surface area contributed by atoms with E-state index in [0.717, 1.165) is 0 Å². The van der Waals surface area contributed by atoms with Crippen molar-refractivity contribution in [3.05, 3.63) is 0 Å². The molecule has 2 aliphatic rings. The summed E-state index contributed by atoms with van der Waals surface area (Å²) >= 11 is -0.553.